The molecule has 5 nitrogen and oxygen atoms in total. The first kappa shape index (κ1) is 18.8. The molecule has 0 spiro atoms. The Hall–Kier alpha value is -3.54. The average molecular weight is 389 g/mol. The van der Waals surface area contributed by atoms with Crippen LogP contribution in [0.5, 0.6) is 0 Å². The Morgan fingerprint density at radius 1 is 1.14 bits per heavy atom. The first-order valence-electron chi connectivity index (χ1n) is 9.39. The Labute approximate surface area is 168 Å². The van der Waals surface area contributed by atoms with Gasteiger partial charge < -0.3 is 5.32 Å². The van der Waals surface area contributed by atoms with E-state index in [2.05, 4.69) is 10.3 Å². The van der Waals surface area contributed by atoms with Crippen LogP contribution in [0, 0.1) is 12.7 Å². The van der Waals surface area contributed by atoms with Gasteiger partial charge in [-0.05, 0) is 54.4 Å². The zero-order valence-corrected chi connectivity index (χ0v) is 15.9. The van der Waals surface area contributed by atoms with Crippen LogP contribution in [0.1, 0.15) is 39.6 Å². The summed E-state index contributed by atoms with van der Waals surface area (Å²) in [5.74, 6) is -0.744. The first-order valence-corrected chi connectivity index (χ1v) is 9.39. The van der Waals surface area contributed by atoms with Crippen molar-refractivity contribution in [3.63, 3.8) is 0 Å². The standard InChI is InChI=1S/C23H20FN3O2/c1-15-5-2-8-18(11-15)27-20(22-19(23(27)29)9-4-10-25-22)13-21(28)26-14-16-6-3-7-17(24)12-16/h2-12,20H,13-14H2,1H3,(H,26,28). The molecular formula is C23H20FN3O2. The predicted molar refractivity (Wildman–Crippen MR) is 108 cm³/mol. The Balaban J connectivity index is 1.57. The number of anilines is 1. The first-order chi connectivity index (χ1) is 14.0. The Bertz CT molecular complexity index is 1080. The van der Waals surface area contributed by atoms with Gasteiger partial charge in [0.25, 0.3) is 5.91 Å². The van der Waals surface area contributed by atoms with E-state index >= 15 is 0 Å². The zero-order valence-electron chi connectivity index (χ0n) is 15.9. The lowest BCUT2D eigenvalue weighted by molar-refractivity contribution is -0.121. The quantitative estimate of drug-likeness (QED) is 0.719. The van der Waals surface area contributed by atoms with E-state index in [0.717, 1.165) is 11.3 Å². The number of aryl methyl sites for hydroxylation is 1. The Morgan fingerprint density at radius 2 is 1.97 bits per heavy atom. The van der Waals surface area contributed by atoms with Gasteiger partial charge in [-0.3, -0.25) is 19.5 Å². The molecule has 0 bridgehead atoms. The normalized spacial score (nSPS) is 15.3. The van der Waals surface area contributed by atoms with E-state index in [1.54, 1.807) is 35.4 Å². The maximum Gasteiger partial charge on any atom is 0.260 e. The van der Waals surface area contributed by atoms with Crippen LogP contribution in [-0.2, 0) is 11.3 Å². The Kier molecular flexibility index (Phi) is 5.08. The van der Waals surface area contributed by atoms with Gasteiger partial charge in [0.1, 0.15) is 5.82 Å². The van der Waals surface area contributed by atoms with E-state index < -0.39 is 6.04 Å². The molecule has 146 valence electrons. The van der Waals surface area contributed by atoms with Gasteiger partial charge >= 0.3 is 0 Å². The number of carbonyl (C=O) groups is 2. The molecule has 2 amide bonds. The monoisotopic (exact) mass is 389 g/mol. The maximum absolute atomic E-state index is 13.3. The molecule has 1 atom stereocenters. The summed E-state index contributed by atoms with van der Waals surface area (Å²) in [7, 11) is 0. The van der Waals surface area contributed by atoms with E-state index in [-0.39, 0.29) is 30.6 Å². The number of nitrogens with zero attached hydrogens (tertiary/aromatic N) is 2. The van der Waals surface area contributed by atoms with Gasteiger partial charge in [0, 0.05) is 18.4 Å². The summed E-state index contributed by atoms with van der Waals surface area (Å²) in [4.78, 5) is 31.7. The van der Waals surface area contributed by atoms with Gasteiger partial charge in [-0.25, -0.2) is 4.39 Å². The van der Waals surface area contributed by atoms with Gasteiger partial charge in [-0.2, -0.15) is 0 Å². The third kappa shape index (κ3) is 3.87. The SMILES string of the molecule is Cc1cccc(N2C(=O)c3cccnc3C2CC(=O)NCc2cccc(F)c2)c1. The molecular weight excluding hydrogens is 369 g/mol. The number of pyridine rings is 1. The molecule has 0 aliphatic carbocycles. The number of fused-ring (bicyclic) bond motifs is 1. The molecule has 0 radical (unpaired) electrons. The zero-order chi connectivity index (χ0) is 20.4. The van der Waals surface area contributed by atoms with Gasteiger partial charge in [0.15, 0.2) is 0 Å². The predicted octanol–water partition coefficient (Wildman–Crippen LogP) is 3.94. The van der Waals surface area contributed by atoms with Crippen molar-refractivity contribution in [2.45, 2.75) is 25.9 Å². The highest BCUT2D eigenvalue weighted by atomic mass is 19.1. The molecule has 1 aromatic heterocycles. The van der Waals surface area contributed by atoms with E-state index in [1.807, 2.05) is 31.2 Å². The Morgan fingerprint density at radius 3 is 2.76 bits per heavy atom. The smallest absolute Gasteiger partial charge is 0.260 e. The number of hydrogen-bond donors (Lipinski definition) is 1. The van der Waals surface area contributed by atoms with Crippen molar-refractivity contribution in [3.8, 4) is 0 Å². The van der Waals surface area contributed by atoms with Crippen molar-refractivity contribution in [1.82, 2.24) is 10.3 Å². The van der Waals surface area contributed by atoms with Crippen molar-refractivity contribution in [2.75, 3.05) is 4.90 Å². The summed E-state index contributed by atoms with van der Waals surface area (Å²) >= 11 is 0. The average Bonchev–Trinajstić information content (AvgIpc) is 2.98. The molecule has 1 aliphatic heterocycles. The van der Waals surface area contributed by atoms with E-state index in [0.29, 0.717) is 16.8 Å². The lowest BCUT2D eigenvalue weighted by Gasteiger charge is -2.25. The molecule has 0 saturated carbocycles. The fraction of sp³-hybridized carbons (Fsp3) is 0.174. The van der Waals surface area contributed by atoms with Gasteiger partial charge in [-0.1, -0.05) is 24.3 Å². The number of amides is 2. The molecule has 0 fully saturated rings. The van der Waals surface area contributed by atoms with Gasteiger partial charge in [-0.15, -0.1) is 0 Å². The van der Waals surface area contributed by atoms with E-state index in [1.165, 1.54) is 12.1 Å². The summed E-state index contributed by atoms with van der Waals surface area (Å²) < 4.78 is 13.3. The highest BCUT2D eigenvalue weighted by molar-refractivity contribution is 6.11. The summed E-state index contributed by atoms with van der Waals surface area (Å²) in [5, 5.41) is 2.81. The number of halogens is 1. The fourth-order valence-corrected chi connectivity index (χ4v) is 3.62. The van der Waals surface area contributed by atoms with E-state index in [9.17, 15) is 14.0 Å². The highest BCUT2D eigenvalue weighted by Gasteiger charge is 2.39. The van der Waals surface area contributed by atoms with Crippen molar-refractivity contribution >= 4 is 17.5 Å². The van der Waals surface area contributed by atoms with Crippen molar-refractivity contribution in [2.24, 2.45) is 0 Å². The summed E-state index contributed by atoms with van der Waals surface area (Å²) in [6.07, 6.45) is 1.70. The van der Waals surface area contributed by atoms with Crippen LogP contribution in [0.15, 0.2) is 66.9 Å². The second-order valence-corrected chi connectivity index (χ2v) is 7.08. The molecule has 29 heavy (non-hydrogen) atoms. The summed E-state index contributed by atoms with van der Waals surface area (Å²) in [6.45, 7) is 2.17. The maximum atomic E-state index is 13.3. The lowest BCUT2D eigenvalue weighted by atomic mass is 10.1. The number of hydrogen-bond acceptors (Lipinski definition) is 3. The molecule has 2 aromatic carbocycles. The van der Waals surface area contributed by atoms with E-state index in [4.69, 9.17) is 0 Å². The largest absolute Gasteiger partial charge is 0.352 e. The van der Waals surface area contributed by atoms with Crippen molar-refractivity contribution < 1.29 is 14.0 Å². The van der Waals surface area contributed by atoms with Crippen LogP contribution < -0.4 is 10.2 Å². The molecule has 1 unspecified atom stereocenters. The van der Waals surface area contributed by atoms with Crippen LogP contribution in [0.25, 0.3) is 0 Å². The van der Waals surface area contributed by atoms with Crippen LogP contribution >= 0.6 is 0 Å². The minimum atomic E-state index is -0.493. The van der Waals surface area contributed by atoms with Crippen LogP contribution in [0.2, 0.25) is 0 Å². The minimum Gasteiger partial charge on any atom is -0.352 e. The molecule has 1 N–H and O–H groups in total. The third-order valence-corrected chi connectivity index (χ3v) is 4.95. The molecule has 1 aliphatic rings. The number of nitrogens with one attached hydrogen (secondary N) is 1. The number of rotatable bonds is 5. The van der Waals surface area contributed by atoms with Crippen LogP contribution in [0.3, 0.4) is 0 Å². The van der Waals surface area contributed by atoms with Crippen LogP contribution in [-0.4, -0.2) is 16.8 Å². The highest BCUT2D eigenvalue weighted by Crippen LogP contribution is 2.38. The molecule has 4 rings (SSSR count). The lowest BCUT2D eigenvalue weighted by Crippen LogP contribution is -2.33. The number of carbonyl (C=O) groups excluding carboxylic acids is 2. The van der Waals surface area contributed by atoms with Crippen molar-refractivity contribution in [1.29, 1.82) is 0 Å². The number of benzene rings is 2. The molecule has 6 heteroatoms. The van der Waals surface area contributed by atoms with Crippen molar-refractivity contribution in [3.05, 3.63) is 95.1 Å². The molecule has 3 aromatic rings. The van der Waals surface area contributed by atoms with Gasteiger partial charge in [0.05, 0.1) is 23.7 Å². The second-order valence-electron chi connectivity index (χ2n) is 7.08. The summed E-state index contributed by atoms with van der Waals surface area (Å²) in [6, 6.07) is 16.7. The molecule has 2 heterocycles. The minimum absolute atomic E-state index is 0.0685. The van der Waals surface area contributed by atoms with Crippen LogP contribution in [0.4, 0.5) is 10.1 Å². The third-order valence-electron chi connectivity index (χ3n) is 4.95. The van der Waals surface area contributed by atoms with Gasteiger partial charge in [0.2, 0.25) is 5.91 Å². The number of aromatic nitrogens is 1. The topological polar surface area (TPSA) is 62.3 Å². The summed E-state index contributed by atoms with van der Waals surface area (Å²) in [5.41, 5.74) is 3.54. The fourth-order valence-electron chi connectivity index (χ4n) is 3.62. The molecule has 0 saturated heterocycles. The second kappa shape index (κ2) is 7.83.